The fraction of sp³-hybridized carbons (Fsp3) is 0.310. The highest BCUT2D eigenvalue weighted by Gasteiger charge is 2.33. The summed E-state index contributed by atoms with van der Waals surface area (Å²) >= 11 is 19.0. The molecule has 7 nitrogen and oxygen atoms in total. The van der Waals surface area contributed by atoms with Crippen molar-refractivity contribution in [2.75, 3.05) is 17.4 Å². The van der Waals surface area contributed by atoms with Crippen LogP contribution in [0.5, 0.6) is 0 Å². The van der Waals surface area contributed by atoms with Crippen LogP contribution >= 0.6 is 34.8 Å². The highest BCUT2D eigenvalue weighted by Crippen LogP contribution is 2.30. The zero-order valence-corrected chi connectivity index (χ0v) is 25.6. The maximum Gasteiger partial charge on any atom is 0.264 e. The molecule has 40 heavy (non-hydrogen) atoms. The standard InChI is InChI=1S/C29H32Cl3N3O4S/c1-4-5-16-33-29(37)21(3)34(18-24-25(31)12-9-13-26(24)32)28(36)19-35(27-15-14-22(30)17-20(27)2)40(38,39)23-10-7-6-8-11-23/h6-15,17,21H,4-5,16,18-19H2,1-3H3,(H,33,37)/t21-/m1/s1. The molecule has 3 rings (SSSR count). The molecule has 0 aliphatic heterocycles. The first-order valence-corrected chi connectivity index (χ1v) is 15.4. The average Bonchev–Trinajstić information content (AvgIpc) is 2.92. The molecule has 0 aromatic heterocycles. The molecule has 0 aliphatic carbocycles. The molecule has 0 aliphatic rings. The van der Waals surface area contributed by atoms with Crippen LogP contribution in [0, 0.1) is 6.92 Å². The number of nitrogens with one attached hydrogen (secondary N) is 1. The van der Waals surface area contributed by atoms with Gasteiger partial charge in [0.05, 0.1) is 10.6 Å². The zero-order valence-electron chi connectivity index (χ0n) is 22.5. The number of halogens is 3. The second kappa shape index (κ2) is 14.2. The lowest BCUT2D eigenvalue weighted by Gasteiger charge is -2.32. The topological polar surface area (TPSA) is 86.8 Å². The van der Waals surface area contributed by atoms with Crippen molar-refractivity contribution < 1.29 is 18.0 Å². The van der Waals surface area contributed by atoms with Gasteiger partial charge in [-0.25, -0.2) is 8.42 Å². The molecule has 214 valence electrons. The van der Waals surface area contributed by atoms with E-state index in [1.54, 1.807) is 68.4 Å². The predicted molar refractivity (Wildman–Crippen MR) is 162 cm³/mol. The van der Waals surface area contributed by atoms with E-state index in [0.717, 1.165) is 17.1 Å². The molecule has 2 amide bonds. The molecule has 1 N–H and O–H groups in total. The van der Waals surface area contributed by atoms with Crippen LogP contribution in [0.2, 0.25) is 15.1 Å². The second-order valence-corrected chi connectivity index (χ2v) is 12.4. The Hall–Kier alpha value is -2.78. The highest BCUT2D eigenvalue weighted by molar-refractivity contribution is 7.92. The van der Waals surface area contributed by atoms with Crippen LogP contribution in [0.1, 0.15) is 37.8 Å². The first kappa shape index (κ1) is 31.7. The van der Waals surface area contributed by atoms with Gasteiger partial charge < -0.3 is 10.2 Å². The third-order valence-corrected chi connectivity index (χ3v) is 9.14. The van der Waals surface area contributed by atoms with Crippen LogP contribution in [-0.2, 0) is 26.2 Å². The normalized spacial score (nSPS) is 12.1. The first-order chi connectivity index (χ1) is 19.0. The Kier molecular flexibility index (Phi) is 11.3. The lowest BCUT2D eigenvalue weighted by molar-refractivity contribution is -0.139. The average molecular weight is 625 g/mol. The molecule has 0 spiro atoms. The van der Waals surface area contributed by atoms with E-state index in [1.165, 1.54) is 17.0 Å². The SMILES string of the molecule is CCCCNC(=O)[C@@H](C)N(Cc1c(Cl)cccc1Cl)C(=O)CN(c1ccc(Cl)cc1C)S(=O)(=O)c1ccccc1. The van der Waals surface area contributed by atoms with Gasteiger partial charge in [0.1, 0.15) is 12.6 Å². The van der Waals surface area contributed by atoms with E-state index < -0.39 is 28.5 Å². The lowest BCUT2D eigenvalue weighted by atomic mass is 10.1. The summed E-state index contributed by atoms with van der Waals surface area (Å²) < 4.78 is 28.8. The van der Waals surface area contributed by atoms with E-state index in [0.29, 0.717) is 32.7 Å². The molecule has 11 heteroatoms. The van der Waals surface area contributed by atoms with Crippen LogP contribution in [-0.4, -0.2) is 44.3 Å². The molecule has 0 fully saturated rings. The van der Waals surface area contributed by atoms with Crippen molar-refractivity contribution in [2.45, 2.75) is 51.1 Å². The number of amides is 2. The fourth-order valence-corrected chi connectivity index (χ4v) is 6.35. The minimum absolute atomic E-state index is 0.0169. The van der Waals surface area contributed by atoms with Crippen molar-refractivity contribution in [1.82, 2.24) is 10.2 Å². The number of nitrogens with zero attached hydrogens (tertiary/aromatic N) is 2. The number of sulfonamides is 1. The summed E-state index contributed by atoms with van der Waals surface area (Å²) in [6.07, 6.45) is 1.67. The monoisotopic (exact) mass is 623 g/mol. The van der Waals surface area contributed by atoms with E-state index in [9.17, 15) is 18.0 Å². The van der Waals surface area contributed by atoms with Crippen LogP contribution in [0.4, 0.5) is 5.69 Å². The maximum atomic E-state index is 14.0. The number of carbonyl (C=O) groups excluding carboxylic acids is 2. The lowest BCUT2D eigenvalue weighted by Crippen LogP contribution is -2.51. The number of aryl methyl sites for hydroxylation is 1. The molecule has 0 saturated heterocycles. The van der Waals surface area contributed by atoms with E-state index in [2.05, 4.69) is 5.32 Å². The van der Waals surface area contributed by atoms with Crippen molar-refractivity contribution in [3.05, 3.63) is 92.9 Å². The first-order valence-electron chi connectivity index (χ1n) is 12.8. The highest BCUT2D eigenvalue weighted by atomic mass is 35.5. The van der Waals surface area contributed by atoms with E-state index in [4.69, 9.17) is 34.8 Å². The number of hydrogen-bond acceptors (Lipinski definition) is 4. The van der Waals surface area contributed by atoms with Gasteiger partial charge in [0, 0.05) is 33.7 Å². The molecule has 0 bridgehead atoms. The Labute approximate surface area is 251 Å². The maximum absolute atomic E-state index is 14.0. The van der Waals surface area contributed by atoms with E-state index >= 15 is 0 Å². The van der Waals surface area contributed by atoms with Crippen molar-refractivity contribution in [1.29, 1.82) is 0 Å². The summed E-state index contributed by atoms with van der Waals surface area (Å²) in [6.45, 7) is 5.09. The van der Waals surface area contributed by atoms with Gasteiger partial charge in [-0.3, -0.25) is 13.9 Å². The minimum Gasteiger partial charge on any atom is -0.354 e. The fourth-order valence-electron chi connectivity index (χ4n) is 4.10. The number of unbranched alkanes of at least 4 members (excludes halogenated alkanes) is 1. The zero-order chi connectivity index (χ0) is 29.4. The van der Waals surface area contributed by atoms with Gasteiger partial charge in [-0.2, -0.15) is 0 Å². The molecule has 3 aromatic rings. The molecule has 3 aromatic carbocycles. The van der Waals surface area contributed by atoms with Crippen LogP contribution in [0.15, 0.2) is 71.6 Å². The van der Waals surface area contributed by atoms with Crippen molar-refractivity contribution in [2.24, 2.45) is 0 Å². The summed E-state index contributed by atoms with van der Waals surface area (Å²) in [5.74, 6) is -0.979. The van der Waals surface area contributed by atoms with Crippen molar-refractivity contribution in [3.8, 4) is 0 Å². The predicted octanol–water partition coefficient (Wildman–Crippen LogP) is 6.48. The van der Waals surface area contributed by atoms with Crippen LogP contribution in [0.3, 0.4) is 0 Å². The molecule has 0 saturated carbocycles. The number of carbonyl (C=O) groups is 2. The largest absolute Gasteiger partial charge is 0.354 e. The molecule has 0 radical (unpaired) electrons. The van der Waals surface area contributed by atoms with Gasteiger partial charge in [-0.15, -0.1) is 0 Å². The Morgan fingerprint density at radius 3 is 2.20 bits per heavy atom. The van der Waals surface area contributed by atoms with E-state index in [1.807, 2.05) is 6.92 Å². The summed E-state index contributed by atoms with van der Waals surface area (Å²) in [4.78, 5) is 28.4. The molecular formula is C29H32Cl3N3O4S. The van der Waals surface area contributed by atoms with E-state index in [-0.39, 0.29) is 23.0 Å². The van der Waals surface area contributed by atoms with Crippen LogP contribution in [0.25, 0.3) is 0 Å². The summed E-state index contributed by atoms with van der Waals surface area (Å²) in [7, 11) is -4.18. The third-order valence-electron chi connectivity index (χ3n) is 6.42. The van der Waals surface area contributed by atoms with Crippen LogP contribution < -0.4 is 9.62 Å². The van der Waals surface area contributed by atoms with Gasteiger partial charge in [-0.05, 0) is 68.3 Å². The summed E-state index contributed by atoms with van der Waals surface area (Å²) in [5, 5.41) is 3.92. The van der Waals surface area contributed by atoms with Crippen molar-refractivity contribution in [3.63, 3.8) is 0 Å². The van der Waals surface area contributed by atoms with Gasteiger partial charge in [0.15, 0.2) is 0 Å². The Balaban J connectivity index is 2.06. The van der Waals surface area contributed by atoms with Gasteiger partial charge >= 0.3 is 0 Å². The number of hydrogen-bond donors (Lipinski definition) is 1. The quantitative estimate of drug-likeness (QED) is 0.234. The number of anilines is 1. The summed E-state index contributed by atoms with van der Waals surface area (Å²) in [6, 6.07) is 16.6. The molecule has 0 heterocycles. The molecule has 0 unspecified atom stereocenters. The van der Waals surface area contributed by atoms with Gasteiger partial charge in [0.25, 0.3) is 10.0 Å². The third kappa shape index (κ3) is 7.69. The number of rotatable bonds is 12. The second-order valence-electron chi connectivity index (χ2n) is 9.30. The van der Waals surface area contributed by atoms with Gasteiger partial charge in [-0.1, -0.05) is 72.4 Å². The van der Waals surface area contributed by atoms with Crippen molar-refractivity contribution >= 4 is 62.3 Å². The Bertz CT molecular complexity index is 1430. The number of benzene rings is 3. The Morgan fingerprint density at radius 2 is 1.60 bits per heavy atom. The molecule has 1 atom stereocenters. The smallest absolute Gasteiger partial charge is 0.264 e. The van der Waals surface area contributed by atoms with Gasteiger partial charge in [0.2, 0.25) is 11.8 Å². The molecular weight excluding hydrogens is 593 g/mol. The Morgan fingerprint density at radius 1 is 0.950 bits per heavy atom. The minimum atomic E-state index is -4.18. The summed E-state index contributed by atoms with van der Waals surface area (Å²) in [5.41, 5.74) is 1.30.